The van der Waals surface area contributed by atoms with Gasteiger partial charge in [-0.05, 0) is 36.4 Å². The van der Waals surface area contributed by atoms with E-state index < -0.39 is 34.2 Å². The van der Waals surface area contributed by atoms with Crippen LogP contribution >= 0.6 is 0 Å². The molecule has 0 aliphatic rings. The van der Waals surface area contributed by atoms with Gasteiger partial charge in [-0.25, -0.2) is 0 Å². The molecule has 0 saturated carbocycles. The van der Waals surface area contributed by atoms with Gasteiger partial charge in [-0.2, -0.15) is 0 Å². The average Bonchev–Trinajstić information content (AvgIpc) is 2.73. The fourth-order valence-electron chi connectivity index (χ4n) is 2.59. The fourth-order valence-corrected chi connectivity index (χ4v) is 2.59. The monoisotopic (exact) mass is 400 g/mol. The molecule has 0 spiro atoms. The van der Waals surface area contributed by atoms with Gasteiger partial charge < -0.3 is 14.8 Å². The van der Waals surface area contributed by atoms with Crippen LogP contribution in [0.4, 0.5) is 11.4 Å². The fraction of sp³-hybridized carbons (Fsp3) is 0.250. The highest BCUT2D eigenvalue weighted by molar-refractivity contribution is 6.06. The SMILES string of the molecule is COC(=O)C[C@@H](C)C(=O)c1ccc(NC(=O)c2ccc(OC)cc2)c([N+](=O)[O-])c1. The van der Waals surface area contributed by atoms with E-state index in [0.717, 1.165) is 6.07 Å². The van der Waals surface area contributed by atoms with Gasteiger partial charge in [-0.15, -0.1) is 0 Å². The molecule has 2 aromatic rings. The lowest BCUT2D eigenvalue weighted by molar-refractivity contribution is -0.383. The normalized spacial score (nSPS) is 11.3. The Morgan fingerprint density at radius 1 is 1.07 bits per heavy atom. The van der Waals surface area contributed by atoms with E-state index in [4.69, 9.17) is 4.74 Å². The van der Waals surface area contributed by atoms with Gasteiger partial charge in [0.05, 0.1) is 25.6 Å². The third-order valence-corrected chi connectivity index (χ3v) is 4.23. The van der Waals surface area contributed by atoms with Gasteiger partial charge in [-0.3, -0.25) is 24.5 Å². The van der Waals surface area contributed by atoms with E-state index in [2.05, 4.69) is 10.1 Å². The molecule has 9 nitrogen and oxygen atoms in total. The van der Waals surface area contributed by atoms with E-state index in [1.165, 1.54) is 45.4 Å². The molecule has 2 aromatic carbocycles. The number of carbonyl (C=O) groups is 3. The Bertz CT molecular complexity index is 938. The first kappa shape index (κ1) is 21.5. The van der Waals surface area contributed by atoms with E-state index in [-0.39, 0.29) is 23.2 Å². The molecule has 1 N–H and O–H groups in total. The Hall–Kier alpha value is -3.75. The second kappa shape index (κ2) is 9.45. The Morgan fingerprint density at radius 3 is 2.24 bits per heavy atom. The minimum Gasteiger partial charge on any atom is -0.497 e. The number of ether oxygens (including phenoxy) is 2. The van der Waals surface area contributed by atoms with Crippen LogP contribution in [0.3, 0.4) is 0 Å². The standard InChI is InChI=1S/C20H20N2O7/c1-12(10-18(23)29-3)19(24)14-6-9-16(17(11-14)22(26)27)21-20(25)13-4-7-15(28-2)8-5-13/h4-9,11-12H,10H2,1-3H3,(H,21,25)/t12-/m1/s1. The highest BCUT2D eigenvalue weighted by Gasteiger charge is 2.24. The molecule has 0 saturated heterocycles. The number of nitro groups is 1. The van der Waals surface area contributed by atoms with E-state index in [1.54, 1.807) is 12.1 Å². The van der Waals surface area contributed by atoms with E-state index in [0.29, 0.717) is 5.75 Å². The van der Waals surface area contributed by atoms with E-state index >= 15 is 0 Å². The van der Waals surface area contributed by atoms with Gasteiger partial charge >= 0.3 is 5.97 Å². The molecule has 0 aliphatic carbocycles. The molecule has 0 fully saturated rings. The third kappa shape index (κ3) is 5.38. The molecule has 0 aliphatic heterocycles. The quantitative estimate of drug-likeness (QED) is 0.312. The van der Waals surface area contributed by atoms with Crippen molar-refractivity contribution in [3.8, 4) is 5.75 Å². The van der Waals surface area contributed by atoms with E-state index in [9.17, 15) is 24.5 Å². The Balaban J connectivity index is 2.24. The second-order valence-corrected chi connectivity index (χ2v) is 6.22. The molecule has 0 bridgehead atoms. The summed E-state index contributed by atoms with van der Waals surface area (Å²) in [6.45, 7) is 1.53. The average molecular weight is 400 g/mol. The topological polar surface area (TPSA) is 125 Å². The highest BCUT2D eigenvalue weighted by atomic mass is 16.6. The van der Waals surface area contributed by atoms with Gasteiger partial charge in [0.15, 0.2) is 5.78 Å². The molecule has 1 atom stereocenters. The number of esters is 1. The van der Waals surface area contributed by atoms with Crippen LogP contribution in [0, 0.1) is 16.0 Å². The number of rotatable bonds is 8. The highest BCUT2D eigenvalue weighted by Crippen LogP contribution is 2.28. The number of hydrogen-bond acceptors (Lipinski definition) is 7. The number of hydrogen-bond donors (Lipinski definition) is 1. The lowest BCUT2D eigenvalue weighted by atomic mass is 9.96. The molecule has 0 heterocycles. The smallest absolute Gasteiger partial charge is 0.306 e. The van der Waals surface area contributed by atoms with Gasteiger partial charge in [0.25, 0.3) is 11.6 Å². The van der Waals surface area contributed by atoms with Crippen molar-refractivity contribution in [2.24, 2.45) is 5.92 Å². The predicted molar refractivity (Wildman–Crippen MR) is 104 cm³/mol. The molecule has 152 valence electrons. The number of Topliss-reactive ketones (excluding diaryl/α,β-unsaturated/α-hetero) is 1. The van der Waals surface area contributed by atoms with Crippen molar-refractivity contribution in [1.82, 2.24) is 0 Å². The van der Waals surface area contributed by atoms with E-state index in [1.807, 2.05) is 0 Å². The number of nitrogens with zero attached hydrogens (tertiary/aromatic N) is 1. The number of nitrogens with one attached hydrogen (secondary N) is 1. The molecule has 1 amide bonds. The Kier molecular flexibility index (Phi) is 7.02. The Morgan fingerprint density at radius 2 is 1.69 bits per heavy atom. The number of ketones is 1. The largest absolute Gasteiger partial charge is 0.497 e. The van der Waals surface area contributed by atoms with Crippen LogP contribution in [0.15, 0.2) is 42.5 Å². The molecule has 0 radical (unpaired) electrons. The first-order chi connectivity index (χ1) is 13.8. The summed E-state index contributed by atoms with van der Waals surface area (Å²) < 4.78 is 9.56. The van der Waals surface area contributed by atoms with Crippen molar-refractivity contribution in [3.63, 3.8) is 0 Å². The van der Waals surface area contributed by atoms with Crippen molar-refractivity contribution in [2.45, 2.75) is 13.3 Å². The number of amides is 1. The zero-order valence-electron chi connectivity index (χ0n) is 16.1. The van der Waals surface area contributed by atoms with Gasteiger partial charge in [0, 0.05) is 23.1 Å². The number of benzene rings is 2. The van der Waals surface area contributed by atoms with Crippen LogP contribution in [-0.4, -0.2) is 36.8 Å². The summed E-state index contributed by atoms with van der Waals surface area (Å²) in [6, 6.07) is 9.96. The number of anilines is 1. The van der Waals surface area contributed by atoms with Crippen LogP contribution in [0.25, 0.3) is 0 Å². The summed E-state index contributed by atoms with van der Waals surface area (Å²) in [5, 5.41) is 13.9. The summed E-state index contributed by atoms with van der Waals surface area (Å²) in [5.74, 6) is -1.68. The van der Waals surface area contributed by atoms with Gasteiger partial charge in [0.1, 0.15) is 11.4 Å². The van der Waals surface area contributed by atoms with Crippen LogP contribution < -0.4 is 10.1 Å². The van der Waals surface area contributed by atoms with Crippen LogP contribution in [0.1, 0.15) is 34.1 Å². The zero-order chi connectivity index (χ0) is 21.6. The summed E-state index contributed by atoms with van der Waals surface area (Å²) >= 11 is 0. The van der Waals surface area contributed by atoms with Crippen LogP contribution in [0.5, 0.6) is 5.75 Å². The lowest BCUT2D eigenvalue weighted by Gasteiger charge is -2.11. The minimum atomic E-state index is -0.707. The first-order valence-electron chi connectivity index (χ1n) is 8.61. The maximum absolute atomic E-state index is 12.5. The number of nitro benzene ring substituents is 1. The van der Waals surface area contributed by atoms with Gasteiger partial charge in [-0.1, -0.05) is 6.92 Å². The van der Waals surface area contributed by atoms with Crippen molar-refractivity contribution in [1.29, 1.82) is 0 Å². The van der Waals surface area contributed by atoms with Crippen molar-refractivity contribution >= 4 is 29.0 Å². The maximum atomic E-state index is 12.5. The molecular formula is C20H20N2O7. The molecule has 0 aromatic heterocycles. The van der Waals surface area contributed by atoms with Crippen molar-refractivity contribution in [3.05, 3.63) is 63.7 Å². The zero-order valence-corrected chi connectivity index (χ0v) is 16.1. The van der Waals surface area contributed by atoms with Crippen molar-refractivity contribution in [2.75, 3.05) is 19.5 Å². The summed E-state index contributed by atoms with van der Waals surface area (Å²) in [4.78, 5) is 46.9. The second-order valence-electron chi connectivity index (χ2n) is 6.22. The van der Waals surface area contributed by atoms with Crippen LogP contribution in [0.2, 0.25) is 0 Å². The summed E-state index contributed by atoms with van der Waals surface area (Å²) in [5.41, 5.74) is -0.126. The number of methoxy groups -OCH3 is 2. The molecule has 0 unspecified atom stereocenters. The molecule has 29 heavy (non-hydrogen) atoms. The first-order valence-corrected chi connectivity index (χ1v) is 8.61. The maximum Gasteiger partial charge on any atom is 0.306 e. The molecule has 9 heteroatoms. The third-order valence-electron chi connectivity index (χ3n) is 4.23. The van der Waals surface area contributed by atoms with Crippen molar-refractivity contribution < 1.29 is 28.8 Å². The van der Waals surface area contributed by atoms with Gasteiger partial charge in [0.2, 0.25) is 0 Å². The number of carbonyl (C=O) groups excluding carboxylic acids is 3. The minimum absolute atomic E-state index is 0.0482. The lowest BCUT2D eigenvalue weighted by Crippen LogP contribution is -2.17. The Labute approximate surface area is 166 Å². The molecule has 2 rings (SSSR count). The van der Waals surface area contributed by atoms with Crippen LogP contribution in [-0.2, 0) is 9.53 Å². The summed E-state index contributed by atoms with van der Waals surface area (Å²) in [7, 11) is 2.71. The summed E-state index contributed by atoms with van der Waals surface area (Å²) in [6.07, 6.45) is -0.140. The predicted octanol–water partition coefficient (Wildman–Crippen LogP) is 3.24. The molecular weight excluding hydrogens is 380 g/mol.